The monoisotopic (exact) mass is 280 g/mol. The second-order valence-electron chi connectivity index (χ2n) is 4.89. The number of hydrogen-bond donors (Lipinski definition) is 1. The van der Waals surface area contributed by atoms with Crippen molar-refractivity contribution in [1.82, 2.24) is 4.90 Å². The van der Waals surface area contributed by atoms with Crippen LogP contribution in [0.2, 0.25) is 0 Å². The summed E-state index contributed by atoms with van der Waals surface area (Å²) in [5.41, 5.74) is 7.79. The first-order valence-electron chi connectivity index (χ1n) is 6.67. The van der Waals surface area contributed by atoms with Crippen LogP contribution in [-0.2, 0) is 9.53 Å². The minimum absolute atomic E-state index is 0.126. The summed E-state index contributed by atoms with van der Waals surface area (Å²) < 4.78 is 10.7. The van der Waals surface area contributed by atoms with E-state index in [-0.39, 0.29) is 12.5 Å². The molecule has 1 atom stereocenters. The van der Waals surface area contributed by atoms with Crippen LogP contribution in [0.1, 0.15) is 11.1 Å². The molecule has 0 fully saturated rings. The Morgan fingerprint density at radius 1 is 1.30 bits per heavy atom. The second-order valence-corrected chi connectivity index (χ2v) is 4.89. The van der Waals surface area contributed by atoms with Crippen LogP contribution in [0.15, 0.2) is 18.2 Å². The number of hydrogen-bond acceptors (Lipinski definition) is 4. The van der Waals surface area contributed by atoms with Gasteiger partial charge in [-0.3, -0.25) is 4.79 Å². The molecule has 2 N–H and O–H groups in total. The normalized spacial score (nSPS) is 12.1. The number of likely N-dealkylation sites (N-methyl/N-ethyl adjacent to an activating group) is 1. The van der Waals surface area contributed by atoms with Crippen LogP contribution in [-0.4, -0.2) is 50.8 Å². The summed E-state index contributed by atoms with van der Waals surface area (Å²) in [5.74, 6) is 0.699. The van der Waals surface area contributed by atoms with Crippen LogP contribution < -0.4 is 10.5 Å². The Balaban J connectivity index is 2.45. The van der Waals surface area contributed by atoms with Crippen LogP contribution in [0.5, 0.6) is 5.75 Å². The van der Waals surface area contributed by atoms with Crippen LogP contribution >= 0.6 is 0 Å². The van der Waals surface area contributed by atoms with Gasteiger partial charge in [0.2, 0.25) is 0 Å². The zero-order valence-corrected chi connectivity index (χ0v) is 12.7. The number of amides is 1. The van der Waals surface area contributed by atoms with Crippen molar-refractivity contribution < 1.29 is 14.3 Å². The molecule has 0 spiro atoms. The van der Waals surface area contributed by atoms with Crippen molar-refractivity contribution in [2.24, 2.45) is 5.73 Å². The summed E-state index contributed by atoms with van der Waals surface area (Å²) >= 11 is 0. The lowest BCUT2D eigenvalue weighted by Crippen LogP contribution is -2.43. The molecule has 1 aromatic rings. The maximum Gasteiger partial charge on any atom is 0.252 e. The maximum absolute atomic E-state index is 11.9. The van der Waals surface area contributed by atoms with Crippen molar-refractivity contribution in [3.63, 3.8) is 0 Å². The number of aryl methyl sites for hydroxylation is 2. The predicted octanol–water partition coefficient (Wildman–Crippen LogP) is 1.11. The highest BCUT2D eigenvalue weighted by molar-refractivity contribution is 5.80. The van der Waals surface area contributed by atoms with Crippen molar-refractivity contribution >= 4 is 5.91 Å². The molecule has 0 aliphatic heterocycles. The molecule has 0 aliphatic carbocycles. The van der Waals surface area contributed by atoms with E-state index in [4.69, 9.17) is 15.2 Å². The lowest BCUT2D eigenvalue weighted by atomic mass is 10.1. The van der Waals surface area contributed by atoms with Gasteiger partial charge in [0.1, 0.15) is 18.5 Å². The standard InChI is InChI=1S/C15H24N2O3/c1-11-7-12(2)9-13(8-11)20-6-5-17(3)15(18)14(10-16)19-4/h7-9,14H,5-6,10,16H2,1-4H3. The molecule has 0 saturated heterocycles. The van der Waals surface area contributed by atoms with E-state index in [0.717, 1.165) is 16.9 Å². The van der Waals surface area contributed by atoms with Gasteiger partial charge in [-0.15, -0.1) is 0 Å². The van der Waals surface area contributed by atoms with Gasteiger partial charge in [0.05, 0.1) is 6.54 Å². The highest BCUT2D eigenvalue weighted by Gasteiger charge is 2.19. The molecule has 1 aromatic carbocycles. The molecular formula is C15H24N2O3. The van der Waals surface area contributed by atoms with E-state index in [0.29, 0.717) is 13.2 Å². The summed E-state index contributed by atoms with van der Waals surface area (Å²) in [4.78, 5) is 13.5. The third kappa shape index (κ3) is 4.83. The van der Waals surface area contributed by atoms with Gasteiger partial charge in [0, 0.05) is 20.7 Å². The Morgan fingerprint density at radius 2 is 1.90 bits per heavy atom. The highest BCUT2D eigenvalue weighted by Crippen LogP contribution is 2.16. The summed E-state index contributed by atoms with van der Waals surface area (Å²) in [7, 11) is 3.20. The van der Waals surface area contributed by atoms with Gasteiger partial charge in [-0.25, -0.2) is 0 Å². The Morgan fingerprint density at radius 3 is 2.40 bits per heavy atom. The Hall–Kier alpha value is -1.59. The Labute approximate surface area is 120 Å². The number of nitrogens with two attached hydrogens (primary N) is 1. The van der Waals surface area contributed by atoms with Gasteiger partial charge in [0.25, 0.3) is 5.91 Å². The molecule has 5 heteroatoms. The van der Waals surface area contributed by atoms with Crippen LogP contribution in [0.25, 0.3) is 0 Å². The zero-order chi connectivity index (χ0) is 15.1. The third-order valence-corrected chi connectivity index (χ3v) is 3.04. The second kappa shape index (κ2) is 7.87. The lowest BCUT2D eigenvalue weighted by Gasteiger charge is -2.22. The molecule has 112 valence electrons. The molecule has 0 aromatic heterocycles. The maximum atomic E-state index is 11.9. The van der Waals surface area contributed by atoms with Gasteiger partial charge in [-0.2, -0.15) is 0 Å². The number of rotatable bonds is 7. The quantitative estimate of drug-likeness (QED) is 0.812. The molecule has 20 heavy (non-hydrogen) atoms. The SMILES string of the molecule is COC(CN)C(=O)N(C)CCOc1cc(C)cc(C)c1. The average molecular weight is 280 g/mol. The zero-order valence-electron chi connectivity index (χ0n) is 12.7. The molecule has 1 unspecified atom stereocenters. The van der Waals surface area contributed by atoms with Crippen LogP contribution in [0, 0.1) is 13.8 Å². The van der Waals surface area contributed by atoms with Crippen molar-refractivity contribution in [2.45, 2.75) is 20.0 Å². The molecule has 0 aliphatic rings. The fourth-order valence-corrected chi connectivity index (χ4v) is 1.97. The number of ether oxygens (including phenoxy) is 2. The average Bonchev–Trinajstić information content (AvgIpc) is 2.38. The van der Waals surface area contributed by atoms with E-state index in [1.807, 2.05) is 26.0 Å². The fraction of sp³-hybridized carbons (Fsp3) is 0.533. The summed E-state index contributed by atoms with van der Waals surface area (Å²) in [6.07, 6.45) is -0.582. The smallest absolute Gasteiger partial charge is 0.252 e. The Bertz CT molecular complexity index is 424. The first kappa shape index (κ1) is 16.5. The number of methoxy groups -OCH3 is 1. The fourth-order valence-electron chi connectivity index (χ4n) is 1.97. The number of carbonyl (C=O) groups excluding carboxylic acids is 1. The van der Waals surface area contributed by atoms with Crippen molar-refractivity contribution in [3.05, 3.63) is 29.3 Å². The first-order valence-corrected chi connectivity index (χ1v) is 6.67. The lowest BCUT2D eigenvalue weighted by molar-refractivity contribution is -0.140. The van der Waals surface area contributed by atoms with E-state index >= 15 is 0 Å². The third-order valence-electron chi connectivity index (χ3n) is 3.04. The molecule has 0 saturated carbocycles. The van der Waals surface area contributed by atoms with Crippen LogP contribution in [0.4, 0.5) is 0 Å². The number of carbonyl (C=O) groups is 1. The molecule has 0 radical (unpaired) electrons. The molecule has 1 amide bonds. The molecular weight excluding hydrogens is 256 g/mol. The summed E-state index contributed by atoms with van der Waals surface area (Å²) in [5, 5.41) is 0. The van der Waals surface area contributed by atoms with Gasteiger partial charge in [-0.05, 0) is 37.1 Å². The van der Waals surface area contributed by atoms with E-state index in [9.17, 15) is 4.79 Å². The van der Waals surface area contributed by atoms with Gasteiger partial charge in [0.15, 0.2) is 0 Å². The largest absolute Gasteiger partial charge is 0.492 e. The van der Waals surface area contributed by atoms with Crippen molar-refractivity contribution in [1.29, 1.82) is 0 Å². The van der Waals surface area contributed by atoms with E-state index in [2.05, 4.69) is 6.07 Å². The predicted molar refractivity (Wildman–Crippen MR) is 78.9 cm³/mol. The van der Waals surface area contributed by atoms with Crippen molar-refractivity contribution in [3.8, 4) is 5.75 Å². The molecule has 0 bridgehead atoms. The van der Waals surface area contributed by atoms with E-state index < -0.39 is 6.10 Å². The van der Waals surface area contributed by atoms with Gasteiger partial charge < -0.3 is 20.1 Å². The summed E-state index contributed by atoms with van der Waals surface area (Å²) in [6.45, 7) is 5.16. The Kier molecular flexibility index (Phi) is 6.48. The van der Waals surface area contributed by atoms with Gasteiger partial charge in [-0.1, -0.05) is 6.07 Å². The summed E-state index contributed by atoms with van der Waals surface area (Å²) in [6, 6.07) is 6.05. The molecule has 0 heterocycles. The number of benzene rings is 1. The van der Waals surface area contributed by atoms with Crippen LogP contribution in [0.3, 0.4) is 0 Å². The minimum atomic E-state index is -0.582. The van der Waals surface area contributed by atoms with E-state index in [1.165, 1.54) is 7.11 Å². The minimum Gasteiger partial charge on any atom is -0.492 e. The number of nitrogens with zero attached hydrogens (tertiary/aromatic N) is 1. The molecule has 5 nitrogen and oxygen atoms in total. The van der Waals surface area contributed by atoms with Crippen molar-refractivity contribution in [2.75, 3.05) is 33.9 Å². The highest BCUT2D eigenvalue weighted by atomic mass is 16.5. The van der Waals surface area contributed by atoms with E-state index in [1.54, 1.807) is 11.9 Å². The first-order chi connectivity index (χ1) is 9.47. The molecule has 1 rings (SSSR count). The topological polar surface area (TPSA) is 64.8 Å². The van der Waals surface area contributed by atoms with Gasteiger partial charge >= 0.3 is 0 Å².